The average Bonchev–Trinajstić information content (AvgIpc) is 3.33. The number of nitrogens with one attached hydrogen (secondary N) is 3. The fourth-order valence-electron chi connectivity index (χ4n) is 3.89. The van der Waals surface area contributed by atoms with Crippen molar-refractivity contribution in [2.24, 2.45) is 7.05 Å². The van der Waals surface area contributed by atoms with Gasteiger partial charge in [-0.1, -0.05) is 23.7 Å². The van der Waals surface area contributed by atoms with Crippen LogP contribution in [0.5, 0.6) is 0 Å². The van der Waals surface area contributed by atoms with E-state index in [2.05, 4.69) is 21.0 Å². The van der Waals surface area contributed by atoms with Gasteiger partial charge >= 0.3 is 6.18 Å². The number of aliphatic hydroxyl groups excluding tert-OH is 1. The SMILES string of the molecule is Cn1nccc1C1(CNC(=O)c2ccc(Cl)cc2-c2ccc(C(F)(F)F)cc2)NC(O)NC1=O. The van der Waals surface area contributed by atoms with Crippen molar-refractivity contribution in [1.82, 2.24) is 25.7 Å². The zero-order chi connectivity index (χ0) is 24.7. The van der Waals surface area contributed by atoms with Crippen LogP contribution in [0.25, 0.3) is 11.1 Å². The first-order chi connectivity index (χ1) is 16.0. The number of aromatic nitrogens is 2. The molecule has 0 saturated carbocycles. The summed E-state index contributed by atoms with van der Waals surface area (Å²) in [5.74, 6) is -1.16. The summed E-state index contributed by atoms with van der Waals surface area (Å²) in [4.78, 5) is 25.9. The molecule has 4 N–H and O–H groups in total. The van der Waals surface area contributed by atoms with Crippen molar-refractivity contribution in [3.05, 3.63) is 76.6 Å². The molecule has 2 atom stereocenters. The number of alkyl halides is 3. The van der Waals surface area contributed by atoms with E-state index in [1.165, 1.54) is 41.2 Å². The van der Waals surface area contributed by atoms with E-state index in [4.69, 9.17) is 11.6 Å². The normalized spacial score (nSPS) is 20.3. The number of halogens is 4. The number of hydrogen-bond acceptors (Lipinski definition) is 5. The first kappa shape index (κ1) is 23.7. The van der Waals surface area contributed by atoms with E-state index in [-0.39, 0.29) is 17.1 Å². The first-order valence-electron chi connectivity index (χ1n) is 10.0. The Morgan fingerprint density at radius 1 is 1.24 bits per heavy atom. The molecule has 0 bridgehead atoms. The lowest BCUT2D eigenvalue weighted by molar-refractivity contribution is -0.137. The van der Waals surface area contributed by atoms with Crippen molar-refractivity contribution in [3.8, 4) is 11.1 Å². The molecule has 2 heterocycles. The van der Waals surface area contributed by atoms with E-state index < -0.39 is 35.4 Å². The number of rotatable bonds is 5. The molecule has 2 aromatic carbocycles. The number of carbonyl (C=O) groups is 2. The molecule has 2 unspecified atom stereocenters. The summed E-state index contributed by atoms with van der Waals surface area (Å²) in [6.07, 6.45) is -4.36. The van der Waals surface area contributed by atoms with Gasteiger partial charge in [-0.05, 0) is 47.5 Å². The Labute approximate surface area is 196 Å². The molecule has 1 saturated heterocycles. The van der Waals surface area contributed by atoms with Crippen molar-refractivity contribution in [1.29, 1.82) is 0 Å². The van der Waals surface area contributed by atoms with Crippen LogP contribution >= 0.6 is 11.6 Å². The molecule has 4 rings (SSSR count). The second-order valence-electron chi connectivity index (χ2n) is 7.71. The summed E-state index contributed by atoms with van der Waals surface area (Å²) in [6.45, 7) is -0.247. The molecule has 1 fully saturated rings. The minimum atomic E-state index is -4.49. The Kier molecular flexibility index (Phi) is 6.11. The highest BCUT2D eigenvalue weighted by atomic mass is 35.5. The monoisotopic (exact) mass is 493 g/mol. The summed E-state index contributed by atoms with van der Waals surface area (Å²) < 4.78 is 40.2. The lowest BCUT2D eigenvalue weighted by Crippen LogP contribution is -2.54. The first-order valence-corrected chi connectivity index (χ1v) is 10.4. The standard InChI is InChI=1S/C22H19ClF3N5O3/c1-31-17(8-9-28-31)21(19(33)29-20(34)30-21)11-27-18(32)15-7-6-14(23)10-16(15)12-2-4-13(5-3-12)22(24,25)26/h2-10,20,30,34H,11H2,1H3,(H,27,32)(H,29,33). The minimum Gasteiger partial charge on any atom is -0.361 e. The third kappa shape index (κ3) is 4.37. The van der Waals surface area contributed by atoms with Gasteiger partial charge in [0.15, 0.2) is 11.9 Å². The zero-order valence-electron chi connectivity index (χ0n) is 17.7. The lowest BCUT2D eigenvalue weighted by Gasteiger charge is -2.27. The van der Waals surface area contributed by atoms with E-state index in [9.17, 15) is 27.9 Å². The van der Waals surface area contributed by atoms with E-state index in [0.717, 1.165) is 12.1 Å². The number of benzene rings is 2. The van der Waals surface area contributed by atoms with Crippen molar-refractivity contribution < 1.29 is 27.9 Å². The van der Waals surface area contributed by atoms with E-state index >= 15 is 0 Å². The Hall–Kier alpha value is -3.41. The van der Waals surface area contributed by atoms with Gasteiger partial charge in [-0.15, -0.1) is 0 Å². The summed E-state index contributed by atoms with van der Waals surface area (Å²) in [5.41, 5.74) is -1.10. The number of carbonyl (C=O) groups excluding carboxylic acids is 2. The summed E-state index contributed by atoms with van der Waals surface area (Å²) >= 11 is 6.09. The maximum absolute atomic E-state index is 13.1. The number of aryl methyl sites for hydroxylation is 1. The van der Waals surface area contributed by atoms with Gasteiger partial charge in [0, 0.05) is 23.8 Å². The van der Waals surface area contributed by atoms with Gasteiger partial charge < -0.3 is 15.7 Å². The second-order valence-corrected chi connectivity index (χ2v) is 8.15. The largest absolute Gasteiger partial charge is 0.416 e. The molecule has 1 aliphatic rings. The van der Waals surface area contributed by atoms with Gasteiger partial charge in [-0.25, -0.2) is 0 Å². The van der Waals surface area contributed by atoms with Crippen molar-refractivity contribution >= 4 is 23.4 Å². The third-order valence-corrected chi connectivity index (χ3v) is 5.80. The molecule has 34 heavy (non-hydrogen) atoms. The predicted molar refractivity (Wildman–Crippen MR) is 116 cm³/mol. The number of nitrogens with zero attached hydrogens (tertiary/aromatic N) is 2. The Morgan fingerprint density at radius 3 is 2.50 bits per heavy atom. The van der Waals surface area contributed by atoms with Crippen molar-refractivity contribution in [3.63, 3.8) is 0 Å². The van der Waals surface area contributed by atoms with Gasteiger partial charge in [0.1, 0.15) is 0 Å². The van der Waals surface area contributed by atoms with Crippen LogP contribution in [-0.4, -0.2) is 39.6 Å². The number of amides is 2. The highest BCUT2D eigenvalue weighted by Gasteiger charge is 2.49. The molecule has 0 radical (unpaired) electrons. The minimum absolute atomic E-state index is 0.142. The third-order valence-electron chi connectivity index (χ3n) is 5.56. The van der Waals surface area contributed by atoms with Gasteiger partial charge in [-0.2, -0.15) is 18.3 Å². The number of aliphatic hydroxyl groups is 1. The van der Waals surface area contributed by atoms with Gasteiger partial charge in [0.2, 0.25) is 0 Å². The van der Waals surface area contributed by atoms with E-state index in [1.807, 2.05) is 0 Å². The smallest absolute Gasteiger partial charge is 0.361 e. The molecular weight excluding hydrogens is 475 g/mol. The topological polar surface area (TPSA) is 108 Å². The Morgan fingerprint density at radius 2 is 1.94 bits per heavy atom. The molecule has 0 aliphatic carbocycles. The molecule has 178 valence electrons. The summed E-state index contributed by atoms with van der Waals surface area (Å²) in [5, 5.41) is 22.0. The molecule has 1 aromatic heterocycles. The highest BCUT2D eigenvalue weighted by molar-refractivity contribution is 6.31. The van der Waals surface area contributed by atoms with Gasteiger partial charge in [-0.3, -0.25) is 19.6 Å². The summed E-state index contributed by atoms with van der Waals surface area (Å²) in [7, 11) is 1.61. The molecular formula is C22H19ClF3N5O3. The molecule has 3 aromatic rings. The van der Waals surface area contributed by atoms with Crippen LogP contribution in [0, 0.1) is 0 Å². The molecule has 1 aliphatic heterocycles. The van der Waals surface area contributed by atoms with Gasteiger partial charge in [0.05, 0.1) is 17.8 Å². The van der Waals surface area contributed by atoms with Gasteiger partial charge in [0.25, 0.3) is 11.8 Å². The van der Waals surface area contributed by atoms with Crippen LogP contribution in [0.2, 0.25) is 5.02 Å². The van der Waals surface area contributed by atoms with Crippen LogP contribution in [0.1, 0.15) is 21.6 Å². The predicted octanol–water partition coefficient (Wildman–Crippen LogP) is 2.38. The Bertz CT molecular complexity index is 1250. The molecule has 2 amide bonds. The van der Waals surface area contributed by atoms with Crippen LogP contribution in [-0.2, 0) is 23.6 Å². The second kappa shape index (κ2) is 8.75. The maximum Gasteiger partial charge on any atom is 0.416 e. The van der Waals surface area contributed by atoms with E-state index in [0.29, 0.717) is 16.8 Å². The highest BCUT2D eigenvalue weighted by Crippen LogP contribution is 2.33. The molecule has 0 spiro atoms. The van der Waals surface area contributed by atoms with Crippen LogP contribution in [0.4, 0.5) is 13.2 Å². The average molecular weight is 494 g/mol. The van der Waals surface area contributed by atoms with Crippen molar-refractivity contribution in [2.45, 2.75) is 18.1 Å². The zero-order valence-corrected chi connectivity index (χ0v) is 18.4. The number of hydrogen-bond donors (Lipinski definition) is 4. The maximum atomic E-state index is 13.1. The fourth-order valence-corrected chi connectivity index (χ4v) is 4.06. The van der Waals surface area contributed by atoms with Crippen molar-refractivity contribution in [2.75, 3.05) is 6.54 Å². The summed E-state index contributed by atoms with van der Waals surface area (Å²) in [6, 6.07) is 10.3. The molecule has 12 heteroatoms. The molecule has 8 nitrogen and oxygen atoms in total. The van der Waals surface area contributed by atoms with Crippen LogP contribution in [0.15, 0.2) is 54.7 Å². The quantitative estimate of drug-likeness (QED) is 0.436. The van der Waals surface area contributed by atoms with Crippen LogP contribution < -0.4 is 16.0 Å². The fraction of sp³-hybridized carbons (Fsp3) is 0.227. The van der Waals surface area contributed by atoms with Crippen LogP contribution in [0.3, 0.4) is 0 Å². The lowest BCUT2D eigenvalue weighted by atomic mass is 9.94. The Balaban J connectivity index is 1.64. The van der Waals surface area contributed by atoms with E-state index in [1.54, 1.807) is 13.1 Å².